The van der Waals surface area contributed by atoms with Gasteiger partial charge in [0.1, 0.15) is 0 Å². The Hall–Kier alpha value is -1.96. The van der Waals surface area contributed by atoms with Crippen molar-refractivity contribution in [2.24, 2.45) is 11.8 Å². The average molecular weight is 408 g/mol. The predicted molar refractivity (Wildman–Crippen MR) is 111 cm³/mol. The zero-order valence-corrected chi connectivity index (χ0v) is 16.7. The summed E-state index contributed by atoms with van der Waals surface area (Å²) < 4.78 is 5.63. The van der Waals surface area contributed by atoms with Gasteiger partial charge in [-0.15, -0.1) is 0 Å². The first-order valence-corrected chi connectivity index (χ1v) is 10.1. The van der Waals surface area contributed by atoms with Gasteiger partial charge in [-0.25, -0.2) is 0 Å². The summed E-state index contributed by atoms with van der Waals surface area (Å²) in [6.45, 7) is 0.814. The molecule has 1 aromatic rings. The third-order valence-corrected chi connectivity index (χ3v) is 5.31. The predicted octanol–water partition coefficient (Wildman–Crippen LogP) is 2.64. The Morgan fingerprint density at radius 1 is 1.18 bits per heavy atom. The van der Waals surface area contributed by atoms with Crippen LogP contribution in [-0.4, -0.2) is 45.3 Å². The number of benzene rings is 1. The quantitative estimate of drug-likeness (QED) is 0.269. The number of aliphatic hydroxyl groups excluding tert-OH is 2. The van der Waals surface area contributed by atoms with Gasteiger partial charge < -0.3 is 25.4 Å². The summed E-state index contributed by atoms with van der Waals surface area (Å²) in [5.41, 5.74) is 1.09. The molecule has 0 saturated heterocycles. The molecule has 0 bridgehead atoms. The smallest absolute Gasteiger partial charge is 0.303 e. The molecule has 1 aliphatic carbocycles. The van der Waals surface area contributed by atoms with Crippen molar-refractivity contribution >= 4 is 23.4 Å². The zero-order valence-electron chi connectivity index (χ0n) is 15.9. The van der Waals surface area contributed by atoms with Crippen LogP contribution in [0.2, 0.25) is 0 Å². The van der Waals surface area contributed by atoms with E-state index in [-0.39, 0.29) is 30.0 Å². The number of rotatable bonds is 10. The van der Waals surface area contributed by atoms with Crippen molar-refractivity contribution in [2.45, 2.75) is 50.9 Å². The fourth-order valence-corrected chi connectivity index (χ4v) is 3.61. The summed E-state index contributed by atoms with van der Waals surface area (Å²) in [5, 5.41) is 32.5. The molecule has 0 aliphatic heterocycles. The van der Waals surface area contributed by atoms with Crippen molar-refractivity contribution in [1.29, 1.82) is 0 Å². The number of allylic oxidation sites excluding steroid dienone is 2. The molecule has 0 aromatic heterocycles. The van der Waals surface area contributed by atoms with Gasteiger partial charge in [-0.1, -0.05) is 42.5 Å². The first-order chi connectivity index (χ1) is 13.5. The summed E-state index contributed by atoms with van der Waals surface area (Å²) in [5.74, 6) is -1.10. The van der Waals surface area contributed by atoms with E-state index < -0.39 is 18.2 Å². The fraction of sp³-hybridized carbons (Fsp3) is 0.524. The first kappa shape index (κ1) is 22.3. The lowest BCUT2D eigenvalue weighted by molar-refractivity contribution is -0.137. The number of unbranched alkanes of at least 4 members (excludes halogenated alkanes) is 1. The SMILES string of the molecule is O=C(O)CCC/C=C\C[C@@H]1[C@@H](COC(=S)NCc2ccccc2)[C@H](O)C[C@@H]1O. The molecule has 2 rings (SSSR count). The molecule has 0 unspecified atom stereocenters. The van der Waals surface area contributed by atoms with Crippen LogP contribution in [-0.2, 0) is 16.1 Å². The lowest BCUT2D eigenvalue weighted by Crippen LogP contribution is -2.31. The second-order valence-electron chi connectivity index (χ2n) is 7.13. The highest BCUT2D eigenvalue weighted by molar-refractivity contribution is 7.80. The lowest BCUT2D eigenvalue weighted by atomic mass is 9.91. The number of aliphatic hydroxyl groups is 2. The average Bonchev–Trinajstić information content (AvgIpc) is 2.94. The molecule has 4 atom stereocenters. The first-order valence-electron chi connectivity index (χ1n) is 9.65. The molecule has 1 fully saturated rings. The van der Waals surface area contributed by atoms with Crippen molar-refractivity contribution in [3.05, 3.63) is 48.0 Å². The number of thiocarbonyl (C=S) groups is 1. The maximum absolute atomic E-state index is 10.5. The van der Waals surface area contributed by atoms with Crippen LogP contribution in [0.3, 0.4) is 0 Å². The minimum absolute atomic E-state index is 0.109. The van der Waals surface area contributed by atoms with Gasteiger partial charge in [-0.3, -0.25) is 4.79 Å². The largest absolute Gasteiger partial charge is 0.481 e. The van der Waals surface area contributed by atoms with Crippen molar-refractivity contribution in [2.75, 3.05) is 6.61 Å². The van der Waals surface area contributed by atoms with E-state index >= 15 is 0 Å². The third-order valence-electron chi connectivity index (χ3n) is 5.04. The number of ether oxygens (including phenoxy) is 1. The molecule has 4 N–H and O–H groups in total. The lowest BCUT2D eigenvalue weighted by Gasteiger charge is -2.23. The van der Waals surface area contributed by atoms with Gasteiger partial charge in [0.2, 0.25) is 0 Å². The normalized spacial score (nSPS) is 24.4. The van der Waals surface area contributed by atoms with Gasteiger partial charge in [-0.2, -0.15) is 0 Å². The molecule has 1 saturated carbocycles. The van der Waals surface area contributed by atoms with Crippen LogP contribution in [0.5, 0.6) is 0 Å². The number of hydrogen-bond donors (Lipinski definition) is 4. The molecule has 0 spiro atoms. The third kappa shape index (κ3) is 7.58. The summed E-state index contributed by atoms with van der Waals surface area (Å²) >= 11 is 5.21. The standard InChI is InChI=1S/C21H29NO5S/c23-18-12-19(24)17(16(18)10-6-1-2-7-11-20(25)26)14-27-21(28)22-13-15-8-4-3-5-9-15/h1,3-6,8-9,16-19,23-24H,2,7,10-14H2,(H,22,28)(H,25,26)/b6-1-/t16-,17-,18+,19-/m1/s1. The van der Waals surface area contributed by atoms with Crippen LogP contribution < -0.4 is 5.32 Å². The van der Waals surface area contributed by atoms with Gasteiger partial charge in [0.25, 0.3) is 5.17 Å². The van der Waals surface area contributed by atoms with E-state index in [0.29, 0.717) is 32.2 Å². The van der Waals surface area contributed by atoms with Gasteiger partial charge in [0.15, 0.2) is 0 Å². The van der Waals surface area contributed by atoms with E-state index in [1.165, 1.54) is 0 Å². The topological polar surface area (TPSA) is 99.0 Å². The Kier molecular flexibility index (Phi) is 9.40. The molecular weight excluding hydrogens is 378 g/mol. The van der Waals surface area contributed by atoms with Crippen LogP contribution in [0.15, 0.2) is 42.5 Å². The Morgan fingerprint density at radius 3 is 2.61 bits per heavy atom. The van der Waals surface area contributed by atoms with Gasteiger partial charge in [-0.05, 0) is 49.4 Å². The van der Waals surface area contributed by atoms with Crippen LogP contribution in [0.25, 0.3) is 0 Å². The van der Waals surface area contributed by atoms with Crippen molar-refractivity contribution in [3.63, 3.8) is 0 Å². The van der Waals surface area contributed by atoms with Crippen LogP contribution in [0, 0.1) is 11.8 Å². The Bertz CT molecular complexity index is 651. The van der Waals surface area contributed by atoms with Gasteiger partial charge >= 0.3 is 5.97 Å². The number of aliphatic carboxylic acids is 1. The maximum atomic E-state index is 10.5. The van der Waals surface area contributed by atoms with E-state index in [1.54, 1.807) is 0 Å². The monoisotopic (exact) mass is 407 g/mol. The molecule has 6 nitrogen and oxygen atoms in total. The van der Waals surface area contributed by atoms with Crippen LogP contribution in [0.4, 0.5) is 0 Å². The highest BCUT2D eigenvalue weighted by Crippen LogP contribution is 2.35. The van der Waals surface area contributed by atoms with E-state index in [2.05, 4.69) is 5.32 Å². The molecule has 28 heavy (non-hydrogen) atoms. The Balaban J connectivity index is 1.75. The Morgan fingerprint density at radius 2 is 1.89 bits per heavy atom. The number of carbonyl (C=O) groups is 1. The van der Waals surface area contributed by atoms with Crippen molar-refractivity contribution in [1.82, 2.24) is 5.32 Å². The van der Waals surface area contributed by atoms with E-state index in [1.807, 2.05) is 42.5 Å². The van der Waals surface area contributed by atoms with Gasteiger partial charge in [0.05, 0.1) is 18.8 Å². The van der Waals surface area contributed by atoms with E-state index in [0.717, 1.165) is 5.56 Å². The molecule has 7 heteroatoms. The number of nitrogens with one attached hydrogen (secondary N) is 1. The van der Waals surface area contributed by atoms with Gasteiger partial charge in [0, 0.05) is 18.9 Å². The Labute approximate surface area is 171 Å². The highest BCUT2D eigenvalue weighted by atomic mass is 32.1. The van der Waals surface area contributed by atoms with Crippen molar-refractivity contribution < 1.29 is 24.9 Å². The maximum Gasteiger partial charge on any atom is 0.303 e. The minimum atomic E-state index is -0.795. The van der Waals surface area contributed by atoms with E-state index in [4.69, 9.17) is 22.1 Å². The molecule has 154 valence electrons. The summed E-state index contributed by atoms with van der Waals surface area (Å²) in [4.78, 5) is 10.5. The van der Waals surface area contributed by atoms with Crippen molar-refractivity contribution in [3.8, 4) is 0 Å². The molecule has 1 aromatic carbocycles. The number of carboxylic acid groups (broad SMARTS) is 1. The molecule has 0 amide bonds. The molecule has 0 radical (unpaired) electrons. The highest BCUT2D eigenvalue weighted by Gasteiger charge is 2.41. The fourth-order valence-electron chi connectivity index (χ4n) is 3.47. The second-order valence-corrected chi connectivity index (χ2v) is 7.50. The minimum Gasteiger partial charge on any atom is -0.481 e. The summed E-state index contributed by atoms with van der Waals surface area (Å²) in [6, 6.07) is 9.84. The second kappa shape index (κ2) is 11.8. The molecule has 1 aliphatic rings. The molecule has 0 heterocycles. The van der Waals surface area contributed by atoms with Crippen LogP contribution >= 0.6 is 12.2 Å². The molecular formula is C21H29NO5S. The van der Waals surface area contributed by atoms with Crippen LogP contribution in [0.1, 0.15) is 37.7 Å². The number of hydrogen-bond acceptors (Lipinski definition) is 5. The number of carboxylic acids is 1. The summed E-state index contributed by atoms with van der Waals surface area (Å²) in [6.07, 6.45) is 5.05. The zero-order chi connectivity index (χ0) is 20.4. The summed E-state index contributed by atoms with van der Waals surface area (Å²) in [7, 11) is 0. The van der Waals surface area contributed by atoms with E-state index in [9.17, 15) is 15.0 Å².